The van der Waals surface area contributed by atoms with Crippen molar-refractivity contribution >= 4 is 16.8 Å². The van der Waals surface area contributed by atoms with E-state index in [2.05, 4.69) is 51.6 Å². The molecule has 0 unspecified atom stereocenters. The van der Waals surface area contributed by atoms with Crippen molar-refractivity contribution in [2.75, 3.05) is 26.7 Å². The monoisotopic (exact) mass is 377 g/mol. The Kier molecular flexibility index (Phi) is 5.63. The minimum Gasteiger partial charge on any atom is -0.497 e. The van der Waals surface area contributed by atoms with Gasteiger partial charge in [0.2, 0.25) is 5.91 Å². The van der Waals surface area contributed by atoms with E-state index in [1.165, 1.54) is 5.56 Å². The summed E-state index contributed by atoms with van der Waals surface area (Å²) in [6.07, 6.45) is 2.22. The van der Waals surface area contributed by atoms with Gasteiger partial charge in [-0.3, -0.25) is 9.69 Å². The van der Waals surface area contributed by atoms with Crippen LogP contribution < -0.4 is 10.1 Å². The molecule has 1 amide bonds. The fraction of sp³-hybridized carbons (Fsp3) is 0.348. The van der Waals surface area contributed by atoms with Crippen LogP contribution in [0.1, 0.15) is 30.0 Å². The molecule has 0 saturated carbocycles. The smallest absolute Gasteiger partial charge is 0.234 e. The summed E-state index contributed by atoms with van der Waals surface area (Å²) in [6.45, 7) is 2.92. The number of likely N-dealkylation sites (tertiary alicyclic amines) is 1. The van der Waals surface area contributed by atoms with Crippen molar-refractivity contribution in [2.24, 2.45) is 0 Å². The van der Waals surface area contributed by atoms with E-state index in [0.29, 0.717) is 19.0 Å². The van der Waals surface area contributed by atoms with Crippen LogP contribution in [0.15, 0.2) is 54.6 Å². The van der Waals surface area contributed by atoms with Gasteiger partial charge in [0.25, 0.3) is 0 Å². The van der Waals surface area contributed by atoms with Gasteiger partial charge in [0, 0.05) is 16.6 Å². The number of nitrogens with zero attached hydrogens (tertiary/aromatic N) is 1. The zero-order valence-electron chi connectivity index (χ0n) is 16.3. The Morgan fingerprint density at radius 2 is 1.93 bits per heavy atom. The van der Waals surface area contributed by atoms with Crippen LogP contribution in [0.2, 0.25) is 0 Å². The molecule has 28 heavy (non-hydrogen) atoms. The van der Waals surface area contributed by atoms with Crippen molar-refractivity contribution in [1.29, 1.82) is 0 Å². The largest absolute Gasteiger partial charge is 0.497 e. The quantitative estimate of drug-likeness (QED) is 0.689. The number of amides is 1. The van der Waals surface area contributed by atoms with Crippen LogP contribution in [-0.4, -0.2) is 42.5 Å². The average molecular weight is 377 g/mol. The third-order valence-corrected chi connectivity index (χ3v) is 5.59. The molecule has 5 nitrogen and oxygen atoms in total. The van der Waals surface area contributed by atoms with E-state index in [0.717, 1.165) is 48.3 Å². The van der Waals surface area contributed by atoms with Gasteiger partial charge in [0.05, 0.1) is 20.2 Å². The molecule has 2 heterocycles. The lowest BCUT2D eigenvalue weighted by Crippen LogP contribution is -2.41. The van der Waals surface area contributed by atoms with Gasteiger partial charge >= 0.3 is 0 Å². The summed E-state index contributed by atoms with van der Waals surface area (Å²) in [5, 5.41) is 4.13. The minimum atomic E-state index is 0.0781. The second kappa shape index (κ2) is 8.48. The Morgan fingerprint density at radius 1 is 1.14 bits per heavy atom. The molecule has 0 spiro atoms. The summed E-state index contributed by atoms with van der Waals surface area (Å²) in [6, 6.07) is 18.7. The van der Waals surface area contributed by atoms with Crippen LogP contribution in [0, 0.1) is 0 Å². The van der Waals surface area contributed by atoms with Crippen molar-refractivity contribution < 1.29 is 9.53 Å². The number of nitrogens with one attached hydrogen (secondary N) is 2. The molecule has 1 aromatic heterocycles. The number of methoxy groups -OCH3 is 1. The lowest BCUT2D eigenvalue weighted by atomic mass is 9.89. The number of carbonyl (C=O) groups is 1. The zero-order valence-corrected chi connectivity index (χ0v) is 16.3. The summed E-state index contributed by atoms with van der Waals surface area (Å²) in [5.41, 5.74) is 3.47. The number of H-pyrrole nitrogens is 1. The van der Waals surface area contributed by atoms with Gasteiger partial charge in [-0.25, -0.2) is 0 Å². The van der Waals surface area contributed by atoms with Crippen LogP contribution in [-0.2, 0) is 11.3 Å². The molecule has 1 aliphatic heterocycles. The second-order valence-corrected chi connectivity index (χ2v) is 7.49. The number of carbonyl (C=O) groups excluding carboxylic acids is 1. The molecule has 146 valence electrons. The number of aromatic nitrogens is 1. The van der Waals surface area contributed by atoms with Gasteiger partial charge in [-0.15, -0.1) is 0 Å². The Labute approximate surface area is 165 Å². The molecule has 0 atom stereocenters. The molecule has 5 heteroatoms. The van der Waals surface area contributed by atoms with Crippen molar-refractivity contribution in [2.45, 2.75) is 25.3 Å². The predicted octanol–water partition coefficient (Wildman–Crippen LogP) is 3.67. The van der Waals surface area contributed by atoms with E-state index in [9.17, 15) is 4.79 Å². The molecule has 2 aromatic carbocycles. The lowest BCUT2D eigenvalue weighted by Gasteiger charge is -2.31. The lowest BCUT2D eigenvalue weighted by molar-refractivity contribution is -0.122. The number of rotatable bonds is 6. The van der Waals surface area contributed by atoms with E-state index in [1.807, 2.05) is 18.2 Å². The van der Waals surface area contributed by atoms with Crippen LogP contribution in [0.4, 0.5) is 0 Å². The van der Waals surface area contributed by atoms with Gasteiger partial charge < -0.3 is 15.0 Å². The number of piperidine rings is 1. The molecule has 2 N–H and O–H groups in total. The van der Waals surface area contributed by atoms with E-state index in [4.69, 9.17) is 4.74 Å². The third kappa shape index (κ3) is 4.37. The standard InChI is InChI=1S/C23H27N3O2/c1-28-21-7-8-22-19(14-21)13-20(25-22)15-24-23(27)16-26-11-9-18(10-12-26)17-5-3-2-4-6-17/h2-8,13-14,18,25H,9-12,15-16H2,1H3,(H,24,27). The SMILES string of the molecule is COc1ccc2[nH]c(CNC(=O)CN3CCC(c4ccccc4)CC3)cc2c1. The summed E-state index contributed by atoms with van der Waals surface area (Å²) in [5.74, 6) is 1.53. The Balaban J connectivity index is 1.25. The number of benzene rings is 2. The highest BCUT2D eigenvalue weighted by molar-refractivity contribution is 5.82. The van der Waals surface area contributed by atoms with Crippen LogP contribution in [0.25, 0.3) is 10.9 Å². The van der Waals surface area contributed by atoms with E-state index in [1.54, 1.807) is 7.11 Å². The Bertz CT molecular complexity index is 927. The van der Waals surface area contributed by atoms with Gasteiger partial charge in [0.1, 0.15) is 5.75 Å². The third-order valence-electron chi connectivity index (χ3n) is 5.59. The average Bonchev–Trinajstić information content (AvgIpc) is 3.15. The van der Waals surface area contributed by atoms with Crippen LogP contribution in [0.5, 0.6) is 5.75 Å². The fourth-order valence-corrected chi connectivity index (χ4v) is 4.00. The number of hydrogen-bond donors (Lipinski definition) is 2. The van der Waals surface area contributed by atoms with Crippen LogP contribution in [0.3, 0.4) is 0 Å². The molecule has 1 saturated heterocycles. The van der Waals surface area contributed by atoms with Crippen molar-refractivity contribution in [3.8, 4) is 5.75 Å². The molecule has 1 fully saturated rings. The van der Waals surface area contributed by atoms with E-state index < -0.39 is 0 Å². The molecule has 3 aromatic rings. The van der Waals surface area contributed by atoms with Crippen molar-refractivity contribution in [1.82, 2.24) is 15.2 Å². The molecule has 0 radical (unpaired) electrons. The number of hydrogen-bond acceptors (Lipinski definition) is 3. The van der Waals surface area contributed by atoms with Gasteiger partial charge in [0.15, 0.2) is 0 Å². The maximum atomic E-state index is 12.4. The fourth-order valence-electron chi connectivity index (χ4n) is 4.00. The summed E-state index contributed by atoms with van der Waals surface area (Å²) in [4.78, 5) is 18.0. The van der Waals surface area contributed by atoms with Crippen molar-refractivity contribution in [3.63, 3.8) is 0 Å². The molecule has 0 aliphatic carbocycles. The maximum Gasteiger partial charge on any atom is 0.234 e. The first-order chi connectivity index (χ1) is 13.7. The van der Waals surface area contributed by atoms with E-state index in [-0.39, 0.29) is 5.91 Å². The normalized spacial score (nSPS) is 15.6. The highest BCUT2D eigenvalue weighted by Gasteiger charge is 2.21. The maximum absolute atomic E-state index is 12.4. The first-order valence-corrected chi connectivity index (χ1v) is 9.91. The summed E-state index contributed by atoms with van der Waals surface area (Å²) >= 11 is 0. The van der Waals surface area contributed by atoms with Gasteiger partial charge in [-0.1, -0.05) is 30.3 Å². The topological polar surface area (TPSA) is 57.4 Å². The summed E-state index contributed by atoms with van der Waals surface area (Å²) in [7, 11) is 1.66. The van der Waals surface area contributed by atoms with Crippen molar-refractivity contribution in [3.05, 3.63) is 65.9 Å². The van der Waals surface area contributed by atoms with Gasteiger partial charge in [-0.05, 0) is 61.7 Å². The predicted molar refractivity (Wildman–Crippen MR) is 112 cm³/mol. The molecule has 0 bridgehead atoms. The molecule has 4 rings (SSSR count). The van der Waals surface area contributed by atoms with Gasteiger partial charge in [-0.2, -0.15) is 0 Å². The highest BCUT2D eigenvalue weighted by atomic mass is 16.5. The zero-order chi connectivity index (χ0) is 19.3. The van der Waals surface area contributed by atoms with Crippen LogP contribution >= 0.6 is 0 Å². The number of fused-ring (bicyclic) bond motifs is 1. The summed E-state index contributed by atoms with van der Waals surface area (Å²) < 4.78 is 5.26. The first kappa shape index (κ1) is 18.6. The molecular formula is C23H27N3O2. The Morgan fingerprint density at radius 3 is 2.68 bits per heavy atom. The minimum absolute atomic E-state index is 0.0781. The Hall–Kier alpha value is -2.79. The second-order valence-electron chi connectivity index (χ2n) is 7.49. The number of aromatic amines is 1. The molecular weight excluding hydrogens is 350 g/mol. The van der Waals surface area contributed by atoms with E-state index >= 15 is 0 Å². The molecule has 1 aliphatic rings. The number of ether oxygens (including phenoxy) is 1. The first-order valence-electron chi connectivity index (χ1n) is 9.91. The highest BCUT2D eigenvalue weighted by Crippen LogP contribution is 2.27.